The van der Waals surface area contributed by atoms with Crippen molar-refractivity contribution >= 4 is 56.4 Å². The van der Waals surface area contributed by atoms with Crippen LogP contribution in [-0.4, -0.2) is 17.0 Å². The van der Waals surface area contributed by atoms with Crippen LogP contribution in [0.3, 0.4) is 0 Å². The van der Waals surface area contributed by atoms with Crippen molar-refractivity contribution in [3.63, 3.8) is 0 Å². The summed E-state index contributed by atoms with van der Waals surface area (Å²) in [4.78, 5) is 23.4. The van der Waals surface area contributed by atoms with Gasteiger partial charge in [0, 0.05) is 4.47 Å². The summed E-state index contributed by atoms with van der Waals surface area (Å²) in [5.41, 5.74) is 1.29. The maximum Gasteiger partial charge on any atom is 0.348 e. The Hall–Kier alpha value is -1.37. The van der Waals surface area contributed by atoms with Crippen molar-refractivity contribution in [2.75, 3.05) is 5.32 Å². The van der Waals surface area contributed by atoms with E-state index in [1.54, 1.807) is 30.5 Å². The van der Waals surface area contributed by atoms with E-state index in [0.717, 1.165) is 11.3 Å². The van der Waals surface area contributed by atoms with Crippen LogP contribution in [0.2, 0.25) is 5.02 Å². The lowest BCUT2D eigenvalue weighted by Crippen LogP contribution is -2.14. The third-order valence-electron chi connectivity index (χ3n) is 2.58. The molecule has 2 aromatic rings. The summed E-state index contributed by atoms with van der Waals surface area (Å²) in [7, 11) is 0. The fraction of sp³-hybridized carbons (Fsp3) is 0.0769. The number of anilines is 1. The van der Waals surface area contributed by atoms with E-state index in [9.17, 15) is 9.59 Å². The van der Waals surface area contributed by atoms with Gasteiger partial charge in [0.15, 0.2) is 0 Å². The zero-order chi connectivity index (χ0) is 14.9. The second-order valence-corrected chi connectivity index (χ2v) is 6.21. The van der Waals surface area contributed by atoms with E-state index in [4.69, 9.17) is 16.7 Å². The average molecular weight is 375 g/mol. The smallest absolute Gasteiger partial charge is 0.348 e. The summed E-state index contributed by atoms with van der Waals surface area (Å²) < 4.78 is 0.715. The zero-order valence-electron chi connectivity index (χ0n) is 10.2. The average Bonchev–Trinajstić information content (AvgIpc) is 2.74. The predicted molar refractivity (Wildman–Crippen MR) is 83.1 cm³/mol. The molecule has 0 aliphatic rings. The molecule has 2 N–H and O–H groups in total. The molecule has 1 aromatic heterocycles. The van der Waals surface area contributed by atoms with Crippen molar-refractivity contribution in [2.24, 2.45) is 0 Å². The summed E-state index contributed by atoms with van der Waals surface area (Å²) in [6.07, 6.45) is 0. The predicted octanol–water partition coefficient (Wildman–Crippen LogP) is 4.42. The number of hydrogen-bond acceptors (Lipinski definition) is 3. The van der Waals surface area contributed by atoms with Gasteiger partial charge < -0.3 is 10.4 Å². The summed E-state index contributed by atoms with van der Waals surface area (Å²) in [5, 5.41) is 13.7. The summed E-state index contributed by atoms with van der Waals surface area (Å²) >= 11 is 10.3. The minimum atomic E-state index is -1.07. The van der Waals surface area contributed by atoms with Crippen molar-refractivity contribution in [2.45, 2.75) is 6.92 Å². The molecule has 0 unspecified atom stereocenters. The molecular formula is C13H9BrClNO3S. The molecule has 0 saturated carbocycles. The normalized spacial score (nSPS) is 10.3. The molecule has 7 heteroatoms. The highest BCUT2D eigenvalue weighted by atomic mass is 79.9. The molecule has 2 rings (SSSR count). The highest BCUT2D eigenvalue weighted by molar-refractivity contribution is 9.10. The third kappa shape index (κ3) is 3.03. The van der Waals surface area contributed by atoms with Gasteiger partial charge in [-0.15, -0.1) is 11.3 Å². The molecular weight excluding hydrogens is 366 g/mol. The summed E-state index contributed by atoms with van der Waals surface area (Å²) in [6.45, 7) is 1.74. The van der Waals surface area contributed by atoms with Gasteiger partial charge in [0.2, 0.25) is 0 Å². The Labute approximate surface area is 132 Å². The first-order valence-electron chi connectivity index (χ1n) is 5.48. The Bertz CT molecular complexity index is 699. The second kappa shape index (κ2) is 5.95. The zero-order valence-corrected chi connectivity index (χ0v) is 13.4. The van der Waals surface area contributed by atoms with E-state index in [0.29, 0.717) is 20.7 Å². The van der Waals surface area contributed by atoms with Crippen molar-refractivity contribution in [3.05, 3.63) is 49.1 Å². The van der Waals surface area contributed by atoms with E-state index in [-0.39, 0.29) is 10.4 Å². The van der Waals surface area contributed by atoms with Gasteiger partial charge in [0.1, 0.15) is 4.88 Å². The topological polar surface area (TPSA) is 66.4 Å². The Balaban J connectivity index is 2.35. The Morgan fingerprint density at radius 2 is 2.10 bits per heavy atom. The van der Waals surface area contributed by atoms with Crippen LogP contribution < -0.4 is 5.32 Å². The molecule has 0 spiro atoms. The number of carbonyl (C=O) groups is 2. The molecule has 0 aliphatic heterocycles. The lowest BCUT2D eigenvalue weighted by Gasteiger charge is -2.08. The first kappa shape index (κ1) is 15.0. The van der Waals surface area contributed by atoms with Crippen LogP contribution in [0.5, 0.6) is 0 Å². The molecule has 20 heavy (non-hydrogen) atoms. The number of aromatic carboxylic acids is 1. The van der Waals surface area contributed by atoms with Crippen LogP contribution >= 0.6 is 38.9 Å². The molecule has 1 heterocycles. The van der Waals surface area contributed by atoms with Crippen LogP contribution in [0, 0.1) is 6.92 Å². The number of benzene rings is 1. The largest absolute Gasteiger partial charge is 0.477 e. The molecule has 0 fully saturated rings. The van der Waals surface area contributed by atoms with E-state index in [1.165, 1.54) is 0 Å². The minimum absolute atomic E-state index is 0.0990. The number of hydrogen-bond donors (Lipinski definition) is 2. The van der Waals surface area contributed by atoms with E-state index in [1.807, 2.05) is 0 Å². The SMILES string of the molecule is Cc1csc(C(=O)O)c1NC(=O)c1cc(Br)ccc1Cl. The molecule has 104 valence electrons. The standard InChI is InChI=1S/C13H9BrClNO3S/c1-6-5-20-11(13(18)19)10(6)16-12(17)8-4-7(14)2-3-9(8)15/h2-5H,1H3,(H,16,17)(H,18,19). The van der Waals surface area contributed by atoms with Gasteiger partial charge in [-0.1, -0.05) is 27.5 Å². The number of carbonyl (C=O) groups excluding carboxylic acids is 1. The number of nitrogens with one attached hydrogen (secondary N) is 1. The van der Waals surface area contributed by atoms with Crippen LogP contribution in [0.15, 0.2) is 28.1 Å². The molecule has 0 aliphatic carbocycles. The van der Waals surface area contributed by atoms with Crippen molar-refractivity contribution in [3.8, 4) is 0 Å². The van der Waals surface area contributed by atoms with Crippen molar-refractivity contribution in [1.82, 2.24) is 0 Å². The maximum absolute atomic E-state index is 12.2. The Kier molecular flexibility index (Phi) is 4.47. The molecule has 0 bridgehead atoms. The first-order valence-corrected chi connectivity index (χ1v) is 7.53. The second-order valence-electron chi connectivity index (χ2n) is 4.01. The lowest BCUT2D eigenvalue weighted by atomic mass is 10.2. The van der Waals surface area contributed by atoms with Gasteiger partial charge in [-0.25, -0.2) is 4.79 Å². The highest BCUT2D eigenvalue weighted by Crippen LogP contribution is 2.29. The van der Waals surface area contributed by atoms with Gasteiger partial charge >= 0.3 is 5.97 Å². The molecule has 0 radical (unpaired) electrons. The van der Waals surface area contributed by atoms with Gasteiger partial charge in [-0.2, -0.15) is 0 Å². The Morgan fingerprint density at radius 1 is 1.40 bits per heavy atom. The van der Waals surface area contributed by atoms with Gasteiger partial charge in [-0.05, 0) is 36.1 Å². The fourth-order valence-electron chi connectivity index (χ4n) is 1.61. The minimum Gasteiger partial charge on any atom is -0.477 e. The first-order chi connectivity index (χ1) is 9.40. The van der Waals surface area contributed by atoms with E-state index in [2.05, 4.69) is 21.2 Å². The monoisotopic (exact) mass is 373 g/mol. The van der Waals surface area contributed by atoms with Crippen LogP contribution in [-0.2, 0) is 0 Å². The number of rotatable bonds is 3. The highest BCUT2D eigenvalue weighted by Gasteiger charge is 2.19. The van der Waals surface area contributed by atoms with Crippen molar-refractivity contribution < 1.29 is 14.7 Å². The van der Waals surface area contributed by atoms with Crippen LogP contribution in [0.25, 0.3) is 0 Å². The lowest BCUT2D eigenvalue weighted by molar-refractivity contribution is 0.0703. The van der Waals surface area contributed by atoms with Crippen molar-refractivity contribution in [1.29, 1.82) is 0 Å². The van der Waals surface area contributed by atoms with E-state index >= 15 is 0 Å². The van der Waals surface area contributed by atoms with Gasteiger partial charge in [0.25, 0.3) is 5.91 Å². The third-order valence-corrected chi connectivity index (χ3v) is 4.49. The number of halogens is 2. The van der Waals surface area contributed by atoms with E-state index < -0.39 is 11.9 Å². The summed E-state index contributed by atoms with van der Waals surface area (Å²) in [5.74, 6) is -1.51. The summed E-state index contributed by atoms with van der Waals surface area (Å²) in [6, 6.07) is 4.90. The van der Waals surface area contributed by atoms with Gasteiger partial charge in [-0.3, -0.25) is 4.79 Å². The maximum atomic E-state index is 12.2. The van der Waals surface area contributed by atoms with Crippen LogP contribution in [0.1, 0.15) is 25.6 Å². The molecule has 4 nitrogen and oxygen atoms in total. The molecule has 0 saturated heterocycles. The number of amides is 1. The van der Waals surface area contributed by atoms with Gasteiger partial charge in [0.05, 0.1) is 16.3 Å². The molecule has 1 amide bonds. The number of carboxylic acid groups (broad SMARTS) is 1. The number of carboxylic acids is 1. The molecule has 0 atom stereocenters. The number of thiophene rings is 1. The quantitative estimate of drug-likeness (QED) is 0.835. The fourth-order valence-corrected chi connectivity index (χ4v) is 3.02. The van der Waals surface area contributed by atoms with Crippen LogP contribution in [0.4, 0.5) is 5.69 Å². The Morgan fingerprint density at radius 3 is 2.75 bits per heavy atom. The number of aryl methyl sites for hydroxylation is 1. The molecule has 1 aromatic carbocycles.